The Kier molecular flexibility index (Phi) is 10.3. The van der Waals surface area contributed by atoms with Gasteiger partial charge in [-0.05, 0) is 76.1 Å². The van der Waals surface area contributed by atoms with E-state index in [2.05, 4.69) is 55.6 Å². The van der Waals surface area contributed by atoms with E-state index in [0.29, 0.717) is 28.6 Å². The summed E-state index contributed by atoms with van der Waals surface area (Å²) >= 11 is 0. The number of hydrogen-bond acceptors (Lipinski definition) is 12. The predicted molar refractivity (Wildman–Crippen MR) is 226 cm³/mol. The molecule has 2 N–H and O–H groups in total. The highest BCUT2D eigenvalue weighted by atomic mass is 16.5. The van der Waals surface area contributed by atoms with E-state index in [1.165, 1.54) is 4.57 Å². The van der Waals surface area contributed by atoms with Gasteiger partial charge in [-0.2, -0.15) is 5.26 Å². The fourth-order valence-electron chi connectivity index (χ4n) is 9.31. The number of anilines is 2. The van der Waals surface area contributed by atoms with E-state index in [1.807, 2.05) is 58.2 Å². The molecule has 9 rings (SSSR count). The third-order valence-corrected chi connectivity index (χ3v) is 12.3. The number of fused-ring (bicyclic) bond motifs is 2. The van der Waals surface area contributed by atoms with Crippen molar-refractivity contribution in [1.82, 2.24) is 48.9 Å². The number of ether oxygens (including phenoxy) is 1. The van der Waals surface area contributed by atoms with Crippen LogP contribution in [0.25, 0.3) is 39.1 Å². The van der Waals surface area contributed by atoms with Gasteiger partial charge in [-0.15, -0.1) is 5.10 Å². The van der Waals surface area contributed by atoms with Gasteiger partial charge < -0.3 is 15.0 Å². The zero-order chi connectivity index (χ0) is 41.7. The number of rotatable bonds is 10. The topological polar surface area (TPSA) is 186 Å². The second-order valence-electron chi connectivity index (χ2n) is 16.5. The summed E-state index contributed by atoms with van der Waals surface area (Å²) in [6.07, 6.45) is 12.1. The van der Waals surface area contributed by atoms with Crippen molar-refractivity contribution in [3.63, 3.8) is 0 Å². The summed E-state index contributed by atoms with van der Waals surface area (Å²) in [6, 6.07) is 11.3. The highest BCUT2D eigenvalue weighted by molar-refractivity contribution is 6.01. The number of pyridine rings is 2. The van der Waals surface area contributed by atoms with Crippen molar-refractivity contribution in [2.45, 2.75) is 70.5 Å². The molecule has 1 atom stereocenters. The quantitative estimate of drug-likeness (QED) is 0.184. The molecule has 17 heteroatoms. The van der Waals surface area contributed by atoms with Crippen LogP contribution in [0.2, 0.25) is 0 Å². The van der Waals surface area contributed by atoms with Crippen LogP contribution in [0.1, 0.15) is 70.0 Å². The van der Waals surface area contributed by atoms with Gasteiger partial charge in [0.05, 0.1) is 35.9 Å². The van der Waals surface area contributed by atoms with Gasteiger partial charge in [0.1, 0.15) is 40.7 Å². The molecule has 0 radical (unpaired) electrons. The summed E-state index contributed by atoms with van der Waals surface area (Å²) in [4.78, 5) is 52.5. The molecule has 3 aliphatic rings. The molecule has 0 spiro atoms. The predicted octanol–water partition coefficient (Wildman–Crippen LogP) is 4.56. The van der Waals surface area contributed by atoms with Gasteiger partial charge in [0.15, 0.2) is 0 Å². The number of hydrogen-bond donors (Lipinski definition) is 2. The van der Waals surface area contributed by atoms with Crippen molar-refractivity contribution in [3.05, 3.63) is 71.2 Å². The molecular formula is C43H49N13O4. The van der Waals surface area contributed by atoms with Crippen LogP contribution in [0.3, 0.4) is 0 Å². The second kappa shape index (κ2) is 15.9. The Balaban J connectivity index is 0.841. The first-order chi connectivity index (χ1) is 29.1. The van der Waals surface area contributed by atoms with Crippen LogP contribution in [0, 0.1) is 17.2 Å². The lowest BCUT2D eigenvalue weighted by Gasteiger charge is -2.39. The van der Waals surface area contributed by atoms with Gasteiger partial charge in [-0.25, -0.2) is 19.4 Å². The normalized spacial score (nSPS) is 20.2. The number of aromatic nitrogens is 8. The molecular weight excluding hydrogens is 763 g/mol. The van der Waals surface area contributed by atoms with E-state index in [9.17, 15) is 19.6 Å². The van der Waals surface area contributed by atoms with Crippen LogP contribution in [0.15, 0.2) is 59.9 Å². The van der Waals surface area contributed by atoms with Gasteiger partial charge in [-0.1, -0.05) is 5.21 Å². The molecule has 310 valence electrons. The number of benzene rings is 1. The van der Waals surface area contributed by atoms with Gasteiger partial charge in [0, 0.05) is 93.5 Å². The number of piperidine rings is 1. The number of carbonyl (C=O) groups is 2. The molecule has 60 heavy (non-hydrogen) atoms. The zero-order valence-electron chi connectivity index (χ0n) is 34.3. The Bertz CT molecular complexity index is 2700. The fourth-order valence-corrected chi connectivity index (χ4v) is 9.31. The number of imide groups is 1. The number of methoxy groups -OCH3 is 1. The fraction of sp³-hybridized carbons (Fsp3) is 0.442. The summed E-state index contributed by atoms with van der Waals surface area (Å²) in [5, 5.41) is 25.4. The Morgan fingerprint density at radius 2 is 1.80 bits per heavy atom. The van der Waals surface area contributed by atoms with Crippen LogP contribution in [-0.2, 0) is 16.6 Å². The first kappa shape index (κ1) is 38.9. The van der Waals surface area contributed by atoms with Gasteiger partial charge >= 0.3 is 5.69 Å². The van der Waals surface area contributed by atoms with E-state index in [-0.39, 0.29) is 36.5 Å². The Hall–Kier alpha value is -6.54. The van der Waals surface area contributed by atoms with E-state index >= 15 is 0 Å². The molecule has 2 saturated heterocycles. The molecule has 7 heterocycles. The number of carbonyl (C=O) groups excluding carboxylic acids is 2. The maximum absolute atomic E-state index is 13.6. The zero-order valence-corrected chi connectivity index (χ0v) is 34.3. The van der Waals surface area contributed by atoms with Crippen molar-refractivity contribution in [2.75, 3.05) is 50.1 Å². The van der Waals surface area contributed by atoms with Crippen molar-refractivity contribution in [2.24, 2.45) is 13.0 Å². The maximum Gasteiger partial charge on any atom is 0.329 e. The van der Waals surface area contributed by atoms with Gasteiger partial charge in [0.2, 0.25) is 11.8 Å². The molecule has 2 amide bonds. The monoisotopic (exact) mass is 811 g/mol. The molecule has 0 bridgehead atoms. The van der Waals surface area contributed by atoms with Crippen molar-refractivity contribution >= 4 is 45.3 Å². The summed E-state index contributed by atoms with van der Waals surface area (Å²) in [7, 11) is 3.37. The highest BCUT2D eigenvalue weighted by Gasteiger charge is 2.34. The SMILES string of the molecule is COc1ccc2c(c1N1CCN(CC3CCC(n4cc(-c5cnc(-n6ccc7cc(C#N)cnc76)cc5NC(C)C)nn4)CC3)CC1)n(C)c(=O)n2C1CCC(=O)NC1=O. The maximum atomic E-state index is 13.6. The average Bonchev–Trinajstić information content (AvgIpc) is 3.98. The number of imidazole rings is 1. The summed E-state index contributed by atoms with van der Waals surface area (Å²) in [5.74, 6) is 1.22. The average molecular weight is 812 g/mol. The molecule has 6 aromatic rings. The van der Waals surface area contributed by atoms with E-state index in [4.69, 9.17) is 9.72 Å². The van der Waals surface area contributed by atoms with Crippen LogP contribution >= 0.6 is 0 Å². The van der Waals surface area contributed by atoms with Crippen LogP contribution < -0.4 is 26.0 Å². The molecule has 17 nitrogen and oxygen atoms in total. The molecule has 1 aliphatic carbocycles. The van der Waals surface area contributed by atoms with E-state index < -0.39 is 11.9 Å². The first-order valence-electron chi connectivity index (χ1n) is 20.8. The minimum atomic E-state index is -0.744. The number of amides is 2. The molecule has 1 saturated carbocycles. The third-order valence-electron chi connectivity index (χ3n) is 12.3. The Morgan fingerprint density at radius 1 is 1.00 bits per heavy atom. The Morgan fingerprint density at radius 3 is 2.53 bits per heavy atom. The number of nitriles is 1. The van der Waals surface area contributed by atoms with Crippen LogP contribution in [-0.4, -0.2) is 101 Å². The standard InChI is InChI=1S/C43H49N13O4/c1-26(2)47-32-20-37(54-14-13-29-19-28(21-44)22-46-41(29)54)45-23-31(32)33-25-55(50-49-33)30-7-5-27(6-8-30)24-52-15-17-53(18-16-52)40-36(60-4)11-9-34-39(40)51(3)43(59)56(34)35-10-12-38(57)48-42(35)58/h9,11,13-14,19-20,22-23,25-27,30,35H,5-8,10,12,15-18,24H2,1-4H3,(H,45,47)(H,48,57,58). The van der Waals surface area contributed by atoms with Gasteiger partial charge in [0.25, 0.3) is 0 Å². The molecule has 1 aromatic carbocycles. The van der Waals surface area contributed by atoms with Crippen molar-refractivity contribution < 1.29 is 14.3 Å². The number of nitrogens with one attached hydrogen (secondary N) is 2. The summed E-state index contributed by atoms with van der Waals surface area (Å²) in [6.45, 7) is 8.54. The number of nitrogens with zero attached hydrogens (tertiary/aromatic N) is 11. The summed E-state index contributed by atoms with van der Waals surface area (Å²) in [5.41, 5.74) is 5.76. The van der Waals surface area contributed by atoms with E-state index in [0.717, 1.165) is 97.6 Å². The third kappa shape index (κ3) is 7.14. The number of aryl methyl sites for hydroxylation is 1. The molecule has 5 aromatic heterocycles. The molecule has 3 fully saturated rings. The van der Waals surface area contributed by atoms with E-state index in [1.54, 1.807) is 24.9 Å². The second-order valence-corrected chi connectivity index (χ2v) is 16.5. The molecule has 2 aliphatic heterocycles. The van der Waals surface area contributed by atoms with Crippen LogP contribution in [0.4, 0.5) is 11.4 Å². The summed E-state index contributed by atoms with van der Waals surface area (Å²) < 4.78 is 12.9. The largest absolute Gasteiger partial charge is 0.494 e. The van der Waals surface area contributed by atoms with Crippen molar-refractivity contribution in [3.8, 4) is 28.9 Å². The lowest BCUT2D eigenvalue weighted by molar-refractivity contribution is -0.135. The minimum absolute atomic E-state index is 0.178. The minimum Gasteiger partial charge on any atom is -0.494 e. The lowest BCUT2D eigenvalue weighted by Crippen LogP contribution is -2.48. The highest BCUT2D eigenvalue weighted by Crippen LogP contribution is 2.39. The Labute approximate surface area is 346 Å². The first-order valence-corrected chi connectivity index (χ1v) is 20.8. The number of piperazine rings is 1. The van der Waals surface area contributed by atoms with Crippen LogP contribution in [0.5, 0.6) is 5.75 Å². The smallest absolute Gasteiger partial charge is 0.329 e. The molecule has 1 unspecified atom stereocenters. The van der Waals surface area contributed by atoms with Crippen molar-refractivity contribution in [1.29, 1.82) is 5.26 Å². The van der Waals surface area contributed by atoms with Gasteiger partial charge in [-0.3, -0.25) is 33.5 Å². The lowest BCUT2D eigenvalue weighted by atomic mass is 9.85.